The fourth-order valence-electron chi connectivity index (χ4n) is 3.52. The summed E-state index contributed by atoms with van der Waals surface area (Å²) in [4.78, 5) is 0. The van der Waals surface area contributed by atoms with E-state index in [1.165, 1.54) is 12.1 Å². The lowest BCUT2D eigenvalue weighted by Crippen LogP contribution is -2.28. The molecule has 1 aromatic heterocycles. The van der Waals surface area contributed by atoms with Gasteiger partial charge in [0, 0.05) is 0 Å². The van der Waals surface area contributed by atoms with Gasteiger partial charge in [0.05, 0.1) is 31.2 Å². The highest BCUT2D eigenvalue weighted by molar-refractivity contribution is 8.93. The Kier molecular flexibility index (Phi) is 7.94. The molecule has 0 bridgehead atoms. The van der Waals surface area contributed by atoms with Crippen LogP contribution in [0.5, 0.6) is 17.2 Å². The SMILES string of the molecule is Br.COc1ccccc1OCCn1c(=N)n(CCOc2ccc(F)cc2)c2ccccc21. The highest BCUT2D eigenvalue weighted by Gasteiger charge is 2.11. The van der Waals surface area contributed by atoms with Crippen LogP contribution in [0.2, 0.25) is 0 Å². The van der Waals surface area contributed by atoms with E-state index in [1.807, 2.05) is 57.7 Å². The van der Waals surface area contributed by atoms with Crippen molar-refractivity contribution in [3.63, 3.8) is 0 Å². The number of hydrogen-bond donors (Lipinski definition) is 1. The fourth-order valence-corrected chi connectivity index (χ4v) is 3.52. The first-order chi connectivity index (χ1) is 15.2. The van der Waals surface area contributed by atoms with Crippen LogP contribution in [0.1, 0.15) is 0 Å². The van der Waals surface area contributed by atoms with Gasteiger partial charge in [-0.3, -0.25) is 5.41 Å². The lowest BCUT2D eigenvalue weighted by molar-refractivity contribution is 0.275. The molecule has 4 aromatic rings. The highest BCUT2D eigenvalue weighted by Crippen LogP contribution is 2.25. The van der Waals surface area contributed by atoms with Crippen LogP contribution in [0.25, 0.3) is 11.0 Å². The zero-order valence-corrected chi connectivity index (χ0v) is 19.4. The zero-order chi connectivity index (χ0) is 21.6. The Balaban J connectivity index is 0.00000289. The van der Waals surface area contributed by atoms with Gasteiger partial charge in [-0.2, -0.15) is 0 Å². The van der Waals surface area contributed by atoms with Gasteiger partial charge in [0.15, 0.2) is 11.5 Å². The highest BCUT2D eigenvalue weighted by atomic mass is 79.9. The minimum absolute atomic E-state index is 0. The molecule has 0 amide bonds. The Morgan fingerprint density at radius 1 is 0.750 bits per heavy atom. The van der Waals surface area contributed by atoms with Crippen molar-refractivity contribution in [3.05, 3.63) is 84.2 Å². The van der Waals surface area contributed by atoms with E-state index in [0.717, 1.165) is 11.0 Å². The molecule has 168 valence electrons. The van der Waals surface area contributed by atoms with Crippen molar-refractivity contribution in [3.8, 4) is 17.2 Å². The molecule has 0 atom stereocenters. The normalized spacial score (nSPS) is 10.6. The van der Waals surface area contributed by atoms with Crippen LogP contribution in [0.15, 0.2) is 72.8 Å². The van der Waals surface area contributed by atoms with Crippen molar-refractivity contribution in [1.82, 2.24) is 9.13 Å². The first kappa shape index (κ1) is 23.4. The average Bonchev–Trinajstić information content (AvgIpc) is 3.07. The molecule has 1 heterocycles. The molecule has 8 heteroatoms. The zero-order valence-electron chi connectivity index (χ0n) is 17.7. The summed E-state index contributed by atoms with van der Waals surface area (Å²) in [6.07, 6.45) is 0. The van der Waals surface area contributed by atoms with Crippen molar-refractivity contribution < 1.29 is 18.6 Å². The largest absolute Gasteiger partial charge is 0.493 e. The summed E-state index contributed by atoms with van der Waals surface area (Å²) >= 11 is 0. The van der Waals surface area contributed by atoms with Crippen LogP contribution < -0.4 is 19.8 Å². The Hall–Kier alpha value is -3.26. The predicted molar refractivity (Wildman–Crippen MR) is 126 cm³/mol. The maximum absolute atomic E-state index is 13.1. The molecule has 0 aliphatic heterocycles. The minimum atomic E-state index is -0.298. The maximum Gasteiger partial charge on any atom is 0.203 e. The summed E-state index contributed by atoms with van der Waals surface area (Å²) in [5.41, 5.74) is 2.28. The molecular weight excluding hydrogens is 477 g/mol. The molecule has 0 spiro atoms. The number of methoxy groups -OCH3 is 1. The van der Waals surface area contributed by atoms with E-state index >= 15 is 0 Å². The molecule has 0 aliphatic carbocycles. The maximum atomic E-state index is 13.1. The number of aromatic nitrogens is 2. The van der Waals surface area contributed by atoms with E-state index in [0.29, 0.717) is 49.2 Å². The number of benzene rings is 3. The minimum Gasteiger partial charge on any atom is -0.493 e. The topological polar surface area (TPSA) is 61.4 Å². The molecule has 0 aliphatic rings. The smallest absolute Gasteiger partial charge is 0.203 e. The first-order valence-corrected chi connectivity index (χ1v) is 10.0. The molecular formula is C24H25BrFN3O3. The predicted octanol–water partition coefficient (Wildman–Crippen LogP) is 4.81. The third-order valence-electron chi connectivity index (χ3n) is 5.01. The molecule has 3 aromatic carbocycles. The standard InChI is InChI=1S/C24H24FN3O3.BrH/c1-29-22-8-4-5-9-23(22)31-17-15-28-21-7-3-2-6-20(21)27(24(28)26)14-16-30-19-12-10-18(25)11-13-19;/h2-13,26H,14-17H2,1H3;1H. The molecule has 4 rings (SSSR count). The number of nitrogens with zero attached hydrogens (tertiary/aromatic N) is 2. The van der Waals surface area contributed by atoms with Gasteiger partial charge in [0.1, 0.15) is 24.8 Å². The van der Waals surface area contributed by atoms with Crippen molar-refractivity contribution in [2.45, 2.75) is 13.1 Å². The number of nitrogens with one attached hydrogen (secondary N) is 1. The summed E-state index contributed by atoms with van der Waals surface area (Å²) in [6, 6.07) is 21.3. The molecule has 0 fully saturated rings. The lowest BCUT2D eigenvalue weighted by atomic mass is 10.3. The summed E-state index contributed by atoms with van der Waals surface area (Å²) in [7, 11) is 1.61. The van der Waals surface area contributed by atoms with E-state index in [9.17, 15) is 4.39 Å². The van der Waals surface area contributed by atoms with E-state index in [4.69, 9.17) is 19.6 Å². The molecule has 0 saturated heterocycles. The third kappa shape index (κ3) is 5.13. The second kappa shape index (κ2) is 10.9. The number of halogens is 2. The summed E-state index contributed by atoms with van der Waals surface area (Å²) in [5, 5.41) is 8.69. The first-order valence-electron chi connectivity index (χ1n) is 10.0. The number of para-hydroxylation sites is 4. The number of hydrogen-bond acceptors (Lipinski definition) is 4. The van der Waals surface area contributed by atoms with Crippen LogP contribution >= 0.6 is 17.0 Å². The van der Waals surface area contributed by atoms with Gasteiger partial charge in [0.25, 0.3) is 0 Å². The van der Waals surface area contributed by atoms with E-state index in [-0.39, 0.29) is 22.8 Å². The molecule has 0 unspecified atom stereocenters. The van der Waals surface area contributed by atoms with E-state index in [1.54, 1.807) is 19.2 Å². The molecule has 1 N–H and O–H groups in total. The number of fused-ring (bicyclic) bond motifs is 1. The van der Waals surface area contributed by atoms with Gasteiger partial charge in [-0.05, 0) is 48.5 Å². The van der Waals surface area contributed by atoms with Crippen molar-refractivity contribution in [2.24, 2.45) is 0 Å². The number of ether oxygens (including phenoxy) is 3. The van der Waals surface area contributed by atoms with Crippen molar-refractivity contribution in [1.29, 1.82) is 5.41 Å². The van der Waals surface area contributed by atoms with Gasteiger partial charge in [-0.1, -0.05) is 24.3 Å². The Labute approximate surface area is 196 Å². The van der Waals surface area contributed by atoms with Gasteiger partial charge in [-0.15, -0.1) is 17.0 Å². The Bertz CT molecular complexity index is 1220. The molecule has 32 heavy (non-hydrogen) atoms. The Morgan fingerprint density at radius 2 is 1.28 bits per heavy atom. The Morgan fingerprint density at radius 3 is 1.88 bits per heavy atom. The summed E-state index contributed by atoms with van der Waals surface area (Å²) < 4.78 is 33.8. The molecule has 0 radical (unpaired) electrons. The van der Waals surface area contributed by atoms with Gasteiger partial charge in [-0.25, -0.2) is 4.39 Å². The van der Waals surface area contributed by atoms with Crippen molar-refractivity contribution in [2.75, 3.05) is 20.3 Å². The summed E-state index contributed by atoms with van der Waals surface area (Å²) in [6.45, 7) is 1.78. The number of imidazole rings is 1. The van der Waals surface area contributed by atoms with Crippen LogP contribution in [0.4, 0.5) is 4.39 Å². The molecule has 6 nitrogen and oxygen atoms in total. The van der Waals surface area contributed by atoms with E-state index < -0.39 is 0 Å². The quantitative estimate of drug-likeness (QED) is 0.358. The second-order valence-electron chi connectivity index (χ2n) is 6.92. The van der Waals surface area contributed by atoms with E-state index in [2.05, 4.69) is 0 Å². The van der Waals surface area contributed by atoms with Crippen LogP contribution in [-0.2, 0) is 13.1 Å². The lowest BCUT2D eigenvalue weighted by Gasteiger charge is -2.11. The van der Waals surface area contributed by atoms with Gasteiger partial charge < -0.3 is 23.3 Å². The van der Waals surface area contributed by atoms with Crippen LogP contribution in [0.3, 0.4) is 0 Å². The van der Waals surface area contributed by atoms with Crippen molar-refractivity contribution >= 4 is 28.0 Å². The third-order valence-corrected chi connectivity index (χ3v) is 5.01. The van der Waals surface area contributed by atoms with Crippen LogP contribution in [-0.4, -0.2) is 29.5 Å². The molecule has 0 saturated carbocycles. The second-order valence-corrected chi connectivity index (χ2v) is 6.92. The van der Waals surface area contributed by atoms with Crippen LogP contribution in [0, 0.1) is 11.2 Å². The summed E-state index contributed by atoms with van der Waals surface area (Å²) in [5.74, 6) is 1.66. The average molecular weight is 502 g/mol. The van der Waals surface area contributed by atoms with Gasteiger partial charge in [0.2, 0.25) is 5.62 Å². The number of rotatable bonds is 9. The fraction of sp³-hybridized carbons (Fsp3) is 0.208. The monoisotopic (exact) mass is 501 g/mol. The van der Waals surface area contributed by atoms with Gasteiger partial charge >= 0.3 is 0 Å².